The van der Waals surface area contributed by atoms with Crippen molar-refractivity contribution in [2.75, 3.05) is 13.1 Å². The summed E-state index contributed by atoms with van der Waals surface area (Å²) in [4.78, 5) is 24.8. The van der Waals surface area contributed by atoms with E-state index in [0.717, 1.165) is 11.1 Å². The molecule has 0 bridgehead atoms. The lowest BCUT2D eigenvalue weighted by Gasteiger charge is -2.18. The lowest BCUT2D eigenvalue weighted by Crippen LogP contribution is -2.31. The van der Waals surface area contributed by atoms with Gasteiger partial charge in [0, 0.05) is 25.1 Å². The second-order valence-electron chi connectivity index (χ2n) is 7.04. The van der Waals surface area contributed by atoms with Crippen LogP contribution >= 0.6 is 0 Å². The molecule has 1 aliphatic rings. The summed E-state index contributed by atoms with van der Waals surface area (Å²) in [6, 6.07) is 21.4. The Bertz CT molecular complexity index is 962. The van der Waals surface area contributed by atoms with Gasteiger partial charge in [-0.15, -0.1) is 0 Å². The SMILES string of the molecule is O=C(NCC(c1ccccc1)c1ccccc1)c1cc2n(n1)CC(O)CNC2=O. The van der Waals surface area contributed by atoms with E-state index in [9.17, 15) is 14.7 Å². The highest BCUT2D eigenvalue weighted by molar-refractivity contribution is 5.98. The van der Waals surface area contributed by atoms with E-state index < -0.39 is 6.10 Å². The van der Waals surface area contributed by atoms with Crippen LogP contribution in [-0.4, -0.2) is 45.9 Å². The third-order valence-electron chi connectivity index (χ3n) is 5.00. The van der Waals surface area contributed by atoms with Crippen molar-refractivity contribution in [2.24, 2.45) is 0 Å². The molecule has 4 rings (SSSR count). The molecule has 148 valence electrons. The number of hydrogen-bond acceptors (Lipinski definition) is 4. The summed E-state index contributed by atoms with van der Waals surface area (Å²) in [6.07, 6.45) is -0.739. The summed E-state index contributed by atoms with van der Waals surface area (Å²) in [5, 5.41) is 19.6. The molecule has 3 N–H and O–H groups in total. The molecule has 3 aromatic rings. The van der Waals surface area contributed by atoms with E-state index in [1.165, 1.54) is 10.7 Å². The van der Waals surface area contributed by atoms with Gasteiger partial charge in [-0.3, -0.25) is 14.3 Å². The van der Waals surface area contributed by atoms with Crippen molar-refractivity contribution in [3.05, 3.63) is 89.2 Å². The van der Waals surface area contributed by atoms with Crippen LogP contribution in [0.5, 0.6) is 0 Å². The monoisotopic (exact) mass is 390 g/mol. The van der Waals surface area contributed by atoms with Gasteiger partial charge in [0.1, 0.15) is 5.69 Å². The molecule has 2 heterocycles. The minimum atomic E-state index is -0.739. The average Bonchev–Trinajstić information content (AvgIpc) is 3.12. The van der Waals surface area contributed by atoms with Crippen molar-refractivity contribution < 1.29 is 14.7 Å². The van der Waals surface area contributed by atoms with E-state index in [4.69, 9.17) is 0 Å². The standard InChI is InChI=1S/C22H22N4O3/c27-17-12-23-22(29)20-11-19(25-26(20)14-17)21(28)24-13-18(15-7-3-1-4-8-15)16-9-5-2-6-10-16/h1-11,17-18,27H,12-14H2,(H,23,29)(H,24,28). The molecule has 1 atom stereocenters. The molecule has 0 radical (unpaired) electrons. The van der Waals surface area contributed by atoms with E-state index in [-0.39, 0.29) is 42.2 Å². The Kier molecular flexibility index (Phi) is 5.39. The molecule has 1 unspecified atom stereocenters. The Balaban J connectivity index is 1.53. The van der Waals surface area contributed by atoms with E-state index in [1.807, 2.05) is 60.7 Å². The second-order valence-corrected chi connectivity index (χ2v) is 7.04. The van der Waals surface area contributed by atoms with Crippen molar-refractivity contribution >= 4 is 11.8 Å². The van der Waals surface area contributed by atoms with Gasteiger partial charge in [0.15, 0.2) is 5.69 Å². The highest BCUT2D eigenvalue weighted by Crippen LogP contribution is 2.23. The maximum absolute atomic E-state index is 12.7. The highest BCUT2D eigenvalue weighted by Gasteiger charge is 2.24. The number of amides is 2. The van der Waals surface area contributed by atoms with Gasteiger partial charge in [-0.2, -0.15) is 5.10 Å². The number of β-amino-alcohol motifs (C(OH)–C–C–N with tert-alkyl or cyclic N) is 1. The highest BCUT2D eigenvalue weighted by atomic mass is 16.3. The van der Waals surface area contributed by atoms with Crippen LogP contribution in [0.15, 0.2) is 66.7 Å². The number of fused-ring (bicyclic) bond motifs is 1. The number of aromatic nitrogens is 2. The molecule has 0 aliphatic carbocycles. The molecule has 2 amide bonds. The van der Waals surface area contributed by atoms with Crippen LogP contribution < -0.4 is 10.6 Å². The van der Waals surface area contributed by atoms with Crippen LogP contribution in [0.1, 0.15) is 38.0 Å². The largest absolute Gasteiger partial charge is 0.389 e. The molecule has 1 aromatic heterocycles. The van der Waals surface area contributed by atoms with E-state index >= 15 is 0 Å². The van der Waals surface area contributed by atoms with Gasteiger partial charge >= 0.3 is 0 Å². The lowest BCUT2D eigenvalue weighted by atomic mass is 9.91. The van der Waals surface area contributed by atoms with Gasteiger partial charge < -0.3 is 15.7 Å². The van der Waals surface area contributed by atoms with Crippen molar-refractivity contribution in [2.45, 2.75) is 18.6 Å². The molecular formula is C22H22N4O3. The number of aliphatic hydroxyl groups is 1. The Morgan fingerprint density at radius 2 is 1.76 bits per heavy atom. The van der Waals surface area contributed by atoms with Gasteiger partial charge in [-0.1, -0.05) is 60.7 Å². The van der Waals surface area contributed by atoms with Gasteiger partial charge in [-0.05, 0) is 11.1 Å². The number of carbonyl (C=O) groups excluding carboxylic acids is 2. The molecule has 0 saturated carbocycles. The van der Waals surface area contributed by atoms with Gasteiger partial charge in [0.2, 0.25) is 0 Å². The number of hydrogen-bond donors (Lipinski definition) is 3. The molecule has 7 nitrogen and oxygen atoms in total. The molecule has 0 fully saturated rings. The third-order valence-corrected chi connectivity index (χ3v) is 5.00. The maximum Gasteiger partial charge on any atom is 0.271 e. The van der Waals surface area contributed by atoms with Crippen LogP contribution in [0.2, 0.25) is 0 Å². The summed E-state index contributed by atoms with van der Waals surface area (Å²) < 4.78 is 1.38. The minimum Gasteiger partial charge on any atom is -0.389 e. The fourth-order valence-electron chi connectivity index (χ4n) is 3.50. The first kappa shape index (κ1) is 18.9. The number of nitrogens with zero attached hydrogens (tertiary/aromatic N) is 2. The average molecular weight is 390 g/mol. The molecule has 2 aromatic carbocycles. The lowest BCUT2D eigenvalue weighted by molar-refractivity contribution is 0.0931. The summed E-state index contributed by atoms with van der Waals surface area (Å²) in [5.41, 5.74) is 2.63. The minimum absolute atomic E-state index is 0.00749. The van der Waals surface area contributed by atoms with E-state index in [1.54, 1.807) is 0 Å². The Morgan fingerprint density at radius 1 is 1.14 bits per heavy atom. The smallest absolute Gasteiger partial charge is 0.271 e. The molecule has 29 heavy (non-hydrogen) atoms. The predicted molar refractivity (Wildman–Crippen MR) is 108 cm³/mol. The topological polar surface area (TPSA) is 96.2 Å². The van der Waals surface area contributed by atoms with Crippen LogP contribution in [0, 0.1) is 0 Å². The number of aliphatic hydroxyl groups excluding tert-OH is 1. The summed E-state index contributed by atoms with van der Waals surface area (Å²) >= 11 is 0. The molecule has 1 aliphatic heterocycles. The first-order chi connectivity index (χ1) is 14.1. The Morgan fingerprint density at radius 3 is 2.38 bits per heavy atom. The van der Waals surface area contributed by atoms with Crippen LogP contribution in [0.3, 0.4) is 0 Å². The van der Waals surface area contributed by atoms with Crippen molar-refractivity contribution in [1.82, 2.24) is 20.4 Å². The molecule has 0 spiro atoms. The maximum atomic E-state index is 12.7. The van der Waals surface area contributed by atoms with Crippen LogP contribution in [0.25, 0.3) is 0 Å². The fourth-order valence-corrected chi connectivity index (χ4v) is 3.50. The van der Waals surface area contributed by atoms with Crippen LogP contribution in [-0.2, 0) is 6.54 Å². The summed E-state index contributed by atoms with van der Waals surface area (Å²) in [5.74, 6) is -0.712. The number of rotatable bonds is 5. The number of nitrogens with one attached hydrogen (secondary N) is 2. The van der Waals surface area contributed by atoms with Gasteiger partial charge in [0.25, 0.3) is 11.8 Å². The first-order valence-corrected chi connectivity index (χ1v) is 9.54. The predicted octanol–water partition coefficient (Wildman–Crippen LogP) is 1.55. The molecule has 7 heteroatoms. The second kappa shape index (κ2) is 8.28. The summed E-state index contributed by atoms with van der Waals surface area (Å²) in [7, 11) is 0. The third kappa shape index (κ3) is 4.20. The number of benzene rings is 2. The van der Waals surface area contributed by atoms with Crippen molar-refractivity contribution in [1.29, 1.82) is 0 Å². The van der Waals surface area contributed by atoms with Gasteiger partial charge in [-0.25, -0.2) is 0 Å². The van der Waals surface area contributed by atoms with Gasteiger partial charge in [0.05, 0.1) is 12.6 Å². The zero-order valence-electron chi connectivity index (χ0n) is 15.8. The Hall–Kier alpha value is -3.45. The van der Waals surface area contributed by atoms with Crippen LogP contribution in [0.4, 0.5) is 0 Å². The van der Waals surface area contributed by atoms with E-state index in [2.05, 4.69) is 15.7 Å². The zero-order chi connectivity index (χ0) is 20.2. The molecular weight excluding hydrogens is 368 g/mol. The summed E-state index contributed by atoms with van der Waals surface area (Å²) in [6.45, 7) is 0.724. The zero-order valence-corrected chi connectivity index (χ0v) is 15.8. The van der Waals surface area contributed by atoms with E-state index in [0.29, 0.717) is 6.54 Å². The quantitative estimate of drug-likeness (QED) is 0.616. The van der Waals surface area contributed by atoms with Crippen molar-refractivity contribution in [3.63, 3.8) is 0 Å². The molecule has 0 saturated heterocycles. The fraction of sp³-hybridized carbons (Fsp3) is 0.227. The number of carbonyl (C=O) groups is 2. The normalized spacial score (nSPS) is 16.1. The Labute approximate surface area is 168 Å². The van der Waals surface area contributed by atoms with Crippen molar-refractivity contribution in [3.8, 4) is 0 Å². The first-order valence-electron chi connectivity index (χ1n) is 9.54.